The van der Waals surface area contributed by atoms with Gasteiger partial charge in [0, 0.05) is 13.0 Å². The summed E-state index contributed by atoms with van der Waals surface area (Å²) in [6.07, 6.45) is 28.8. The van der Waals surface area contributed by atoms with Crippen LogP contribution in [-0.2, 0) is 27.9 Å². The van der Waals surface area contributed by atoms with Crippen LogP contribution in [0.3, 0.4) is 0 Å². The van der Waals surface area contributed by atoms with Crippen LogP contribution in [0.15, 0.2) is 0 Å². The third-order valence-electron chi connectivity index (χ3n) is 12.0. The summed E-state index contributed by atoms with van der Waals surface area (Å²) in [5.41, 5.74) is 0. The highest BCUT2D eigenvalue weighted by Gasteiger charge is 2.51. The zero-order valence-electron chi connectivity index (χ0n) is 38.3. The van der Waals surface area contributed by atoms with Gasteiger partial charge in [-0.2, -0.15) is 0 Å². The molecule has 8 atom stereocenters. The van der Waals surface area contributed by atoms with Gasteiger partial charge in [-0.25, -0.2) is 4.57 Å². The van der Waals surface area contributed by atoms with Crippen molar-refractivity contribution in [2.24, 2.45) is 0 Å². The second-order valence-electron chi connectivity index (χ2n) is 17.7. The number of esters is 1. The van der Waals surface area contributed by atoms with E-state index >= 15 is 0 Å². The first-order valence-electron chi connectivity index (χ1n) is 24.9. The average molecular weight is 881 g/mol. The Labute approximate surface area is 365 Å². The molecule has 0 aromatic carbocycles. The van der Waals surface area contributed by atoms with Gasteiger partial charge in [-0.15, -0.1) is 0 Å². The fourth-order valence-corrected chi connectivity index (χ4v) is 8.98. The fourth-order valence-electron chi connectivity index (χ4n) is 8.01. The Morgan fingerprint density at radius 1 is 0.467 bits per heavy atom. The van der Waals surface area contributed by atoms with Crippen LogP contribution >= 0.6 is 7.82 Å². The van der Waals surface area contributed by atoms with Gasteiger partial charge in [0.05, 0.1) is 13.2 Å². The lowest BCUT2D eigenvalue weighted by Crippen LogP contribution is -2.64. The molecule has 0 amide bonds. The molecule has 1 aliphatic rings. The number of aliphatic hydroxyl groups is 5. The number of hydrogen-bond acceptors (Lipinski definition) is 11. The molecule has 0 aromatic heterocycles. The number of aliphatic hydroxyl groups excluding tert-OH is 5. The molecule has 358 valence electrons. The summed E-state index contributed by atoms with van der Waals surface area (Å²) in [7, 11) is -5.01. The lowest BCUT2D eigenvalue weighted by Gasteiger charge is -2.41. The van der Waals surface area contributed by atoms with Crippen LogP contribution in [0.4, 0.5) is 0 Å². The van der Waals surface area contributed by atoms with E-state index in [4.69, 9.17) is 18.5 Å². The Balaban J connectivity index is 2.34. The van der Waals surface area contributed by atoms with E-state index in [0.29, 0.717) is 13.0 Å². The third-order valence-corrected chi connectivity index (χ3v) is 13.0. The van der Waals surface area contributed by atoms with Gasteiger partial charge < -0.3 is 39.9 Å². The largest absolute Gasteiger partial charge is 0.472 e. The first-order chi connectivity index (χ1) is 29.0. The van der Waals surface area contributed by atoms with Crippen molar-refractivity contribution in [2.45, 2.75) is 275 Å². The van der Waals surface area contributed by atoms with E-state index in [0.717, 1.165) is 38.5 Å². The van der Waals surface area contributed by atoms with Crippen LogP contribution in [-0.4, -0.2) is 98.9 Å². The SMILES string of the molecule is CCCCCCCCCCCCCCCCCCCC(=O)O[C@H](COCCCCCCCCCCCCCCCCCC)COP(=O)(O)OC1C(O)C(O)C(O)[C@@H](O)C1O. The summed E-state index contributed by atoms with van der Waals surface area (Å²) in [5, 5.41) is 50.2. The molecule has 0 saturated heterocycles. The molecular weight excluding hydrogens is 787 g/mol. The summed E-state index contributed by atoms with van der Waals surface area (Å²) in [6, 6.07) is 0. The predicted octanol–water partition coefficient (Wildman–Crippen LogP) is 10.5. The lowest BCUT2D eigenvalue weighted by atomic mass is 9.85. The number of carbonyl (C=O) groups is 1. The molecule has 0 heterocycles. The minimum atomic E-state index is -5.01. The van der Waals surface area contributed by atoms with Crippen molar-refractivity contribution in [1.82, 2.24) is 0 Å². The molecule has 0 spiro atoms. The Hall–Kier alpha value is -0.660. The van der Waals surface area contributed by atoms with Crippen molar-refractivity contribution in [3.05, 3.63) is 0 Å². The van der Waals surface area contributed by atoms with E-state index < -0.39 is 63.1 Å². The molecule has 12 nitrogen and oxygen atoms in total. The zero-order chi connectivity index (χ0) is 44.1. The molecule has 0 radical (unpaired) electrons. The van der Waals surface area contributed by atoms with Crippen LogP contribution in [0.5, 0.6) is 0 Å². The van der Waals surface area contributed by atoms with E-state index in [1.807, 2.05) is 0 Å². The van der Waals surface area contributed by atoms with Crippen LogP contribution in [0.25, 0.3) is 0 Å². The predicted molar refractivity (Wildman–Crippen MR) is 240 cm³/mol. The maximum Gasteiger partial charge on any atom is 0.472 e. The van der Waals surface area contributed by atoms with E-state index in [1.165, 1.54) is 167 Å². The lowest BCUT2D eigenvalue weighted by molar-refractivity contribution is -0.220. The molecular formula is C47H93O12P. The Kier molecular flexibility index (Phi) is 37.1. The molecule has 6 N–H and O–H groups in total. The fraction of sp³-hybridized carbons (Fsp3) is 0.979. The first-order valence-corrected chi connectivity index (χ1v) is 26.4. The number of phosphoric acid groups is 1. The van der Waals surface area contributed by atoms with Gasteiger partial charge >= 0.3 is 13.8 Å². The van der Waals surface area contributed by atoms with Crippen molar-refractivity contribution < 1.29 is 58.3 Å². The smallest absolute Gasteiger partial charge is 0.457 e. The highest BCUT2D eigenvalue weighted by Crippen LogP contribution is 2.47. The van der Waals surface area contributed by atoms with Gasteiger partial charge in [0.25, 0.3) is 0 Å². The molecule has 6 unspecified atom stereocenters. The summed E-state index contributed by atoms with van der Waals surface area (Å²) < 4.78 is 34.3. The zero-order valence-corrected chi connectivity index (χ0v) is 39.2. The summed E-state index contributed by atoms with van der Waals surface area (Å²) in [5.74, 6) is -0.470. The van der Waals surface area contributed by atoms with Gasteiger partial charge in [0.2, 0.25) is 0 Å². The normalized spacial score (nSPS) is 22.2. The number of carbonyl (C=O) groups excluding carboxylic acids is 1. The molecule has 60 heavy (non-hydrogen) atoms. The number of unbranched alkanes of at least 4 members (excludes halogenated alkanes) is 31. The van der Waals surface area contributed by atoms with Gasteiger partial charge in [-0.05, 0) is 12.8 Å². The monoisotopic (exact) mass is 881 g/mol. The van der Waals surface area contributed by atoms with Crippen molar-refractivity contribution >= 4 is 13.8 Å². The number of rotatable bonds is 43. The molecule has 1 saturated carbocycles. The minimum absolute atomic E-state index is 0.0676. The first kappa shape index (κ1) is 57.4. The van der Waals surface area contributed by atoms with Gasteiger partial charge in [-0.1, -0.05) is 213 Å². The number of ether oxygens (including phenoxy) is 2. The molecule has 1 fully saturated rings. The van der Waals surface area contributed by atoms with E-state index in [2.05, 4.69) is 13.8 Å². The minimum Gasteiger partial charge on any atom is -0.457 e. The van der Waals surface area contributed by atoms with E-state index in [-0.39, 0.29) is 13.0 Å². The Morgan fingerprint density at radius 3 is 1.15 bits per heavy atom. The van der Waals surface area contributed by atoms with Gasteiger partial charge in [-0.3, -0.25) is 13.8 Å². The van der Waals surface area contributed by atoms with E-state index in [9.17, 15) is 39.8 Å². The average Bonchev–Trinajstić information content (AvgIpc) is 3.23. The van der Waals surface area contributed by atoms with Crippen LogP contribution in [0.1, 0.15) is 232 Å². The van der Waals surface area contributed by atoms with E-state index in [1.54, 1.807) is 0 Å². The maximum absolute atomic E-state index is 12.8. The molecule has 0 bridgehead atoms. The molecule has 0 aliphatic heterocycles. The van der Waals surface area contributed by atoms with Crippen molar-refractivity contribution in [1.29, 1.82) is 0 Å². The second kappa shape index (κ2) is 38.8. The number of phosphoric ester groups is 1. The Bertz CT molecular complexity index is 1000. The summed E-state index contributed by atoms with van der Waals surface area (Å²) in [6.45, 7) is 4.31. The van der Waals surface area contributed by atoms with Crippen LogP contribution in [0.2, 0.25) is 0 Å². The van der Waals surface area contributed by atoms with Crippen molar-refractivity contribution in [3.63, 3.8) is 0 Å². The topological polar surface area (TPSA) is 192 Å². The third kappa shape index (κ3) is 30.4. The summed E-state index contributed by atoms with van der Waals surface area (Å²) in [4.78, 5) is 23.2. The van der Waals surface area contributed by atoms with Crippen molar-refractivity contribution in [3.8, 4) is 0 Å². The quantitative estimate of drug-likeness (QED) is 0.0193. The molecule has 1 aliphatic carbocycles. The van der Waals surface area contributed by atoms with Crippen LogP contribution < -0.4 is 0 Å². The molecule has 0 aromatic rings. The van der Waals surface area contributed by atoms with Gasteiger partial charge in [0.1, 0.15) is 42.7 Å². The number of hydrogen-bond donors (Lipinski definition) is 6. The van der Waals surface area contributed by atoms with Gasteiger partial charge in [0.15, 0.2) is 0 Å². The standard InChI is InChI=1S/C47H93O12P/c1-3-5-7-9-11-13-15-17-19-21-22-24-26-28-30-32-34-36-41(48)58-40(39-57-60(54,55)59-47-45(52)43(50)42(49)44(51)46(47)53)38-56-37-35-33-31-29-27-25-23-20-18-16-14-12-10-8-6-4-2/h40,42-47,49-53H,3-39H2,1-2H3,(H,54,55)/t40-,42?,43-,44?,45?,46?,47?/m1/s1. The second-order valence-corrected chi connectivity index (χ2v) is 19.1. The summed E-state index contributed by atoms with van der Waals surface area (Å²) >= 11 is 0. The highest BCUT2D eigenvalue weighted by atomic mass is 31.2. The molecule has 13 heteroatoms. The Morgan fingerprint density at radius 2 is 0.783 bits per heavy atom. The molecule has 1 rings (SSSR count). The maximum atomic E-state index is 12.8. The van der Waals surface area contributed by atoms with Crippen molar-refractivity contribution in [2.75, 3.05) is 19.8 Å². The highest BCUT2D eigenvalue weighted by molar-refractivity contribution is 7.47. The van der Waals surface area contributed by atoms with Crippen LogP contribution in [0, 0.1) is 0 Å².